The number of rotatable bonds is 7. The number of nitrogens with one attached hydrogen (secondary N) is 1. The lowest BCUT2D eigenvalue weighted by Crippen LogP contribution is -2.44. The second-order valence-corrected chi connectivity index (χ2v) is 7.43. The van der Waals surface area contributed by atoms with Gasteiger partial charge < -0.3 is 19.2 Å². The van der Waals surface area contributed by atoms with Gasteiger partial charge in [0.1, 0.15) is 23.0 Å². The van der Waals surface area contributed by atoms with E-state index >= 15 is 0 Å². The smallest absolute Gasteiger partial charge is 0.263 e. The average molecular weight is 410 g/mol. The molecule has 3 aromatic heterocycles. The molecule has 1 aliphatic rings. The van der Waals surface area contributed by atoms with Crippen LogP contribution in [0.5, 0.6) is 0 Å². The number of hydrogen-bond donors (Lipinski definition) is 1. The zero-order chi connectivity index (χ0) is 20.9. The molecule has 1 aliphatic heterocycles. The first-order valence-electron chi connectivity index (χ1n) is 10.4. The fraction of sp³-hybridized carbons (Fsp3) is 0.476. The van der Waals surface area contributed by atoms with Crippen molar-refractivity contribution in [2.24, 2.45) is 5.92 Å². The van der Waals surface area contributed by atoms with Crippen LogP contribution in [0.1, 0.15) is 37.2 Å². The highest BCUT2D eigenvalue weighted by atomic mass is 16.5. The number of hydrogen-bond acceptors (Lipinski definition) is 8. The molecule has 0 radical (unpaired) electrons. The second-order valence-electron chi connectivity index (χ2n) is 7.43. The van der Waals surface area contributed by atoms with Gasteiger partial charge in [-0.1, -0.05) is 12.1 Å². The molecule has 4 rings (SSSR count). The van der Waals surface area contributed by atoms with Crippen molar-refractivity contribution in [1.82, 2.24) is 25.4 Å². The Morgan fingerprint density at radius 2 is 2.27 bits per heavy atom. The Balaban J connectivity index is 1.46. The van der Waals surface area contributed by atoms with Crippen molar-refractivity contribution in [3.8, 4) is 11.5 Å². The van der Waals surface area contributed by atoms with Crippen LogP contribution in [0, 0.1) is 12.8 Å². The fourth-order valence-corrected chi connectivity index (χ4v) is 3.65. The number of piperidine rings is 1. The van der Waals surface area contributed by atoms with Crippen LogP contribution in [0.15, 0.2) is 33.5 Å². The van der Waals surface area contributed by atoms with Crippen molar-refractivity contribution in [2.75, 3.05) is 24.5 Å². The third-order valence-corrected chi connectivity index (χ3v) is 5.25. The van der Waals surface area contributed by atoms with Gasteiger partial charge in [0, 0.05) is 38.7 Å². The molecule has 9 nitrogen and oxygen atoms in total. The third kappa shape index (κ3) is 4.50. The maximum atomic E-state index is 12.7. The number of anilines is 1. The molecule has 0 aliphatic carbocycles. The summed E-state index contributed by atoms with van der Waals surface area (Å²) in [7, 11) is 0. The monoisotopic (exact) mass is 410 g/mol. The molecule has 0 bridgehead atoms. The van der Waals surface area contributed by atoms with E-state index in [4.69, 9.17) is 8.94 Å². The lowest BCUT2D eigenvalue weighted by atomic mass is 9.96. The van der Waals surface area contributed by atoms with E-state index in [1.165, 1.54) is 0 Å². The molecule has 1 saturated heterocycles. The summed E-state index contributed by atoms with van der Waals surface area (Å²) in [5.41, 5.74) is 0.701. The number of aromatic nitrogens is 4. The van der Waals surface area contributed by atoms with Crippen molar-refractivity contribution in [1.29, 1.82) is 0 Å². The summed E-state index contributed by atoms with van der Waals surface area (Å²) in [5.74, 6) is 3.27. The Kier molecular flexibility index (Phi) is 6.06. The zero-order valence-corrected chi connectivity index (χ0v) is 17.3. The summed E-state index contributed by atoms with van der Waals surface area (Å²) in [6.07, 6.45) is 6.49. The first-order chi connectivity index (χ1) is 14.6. The van der Waals surface area contributed by atoms with Gasteiger partial charge in [-0.3, -0.25) is 4.79 Å². The predicted octanol–water partition coefficient (Wildman–Crippen LogP) is 2.57. The maximum Gasteiger partial charge on any atom is 0.263 e. The molecule has 1 atom stereocenters. The molecular weight excluding hydrogens is 384 g/mol. The number of amides is 1. The van der Waals surface area contributed by atoms with Crippen LogP contribution in [-0.2, 0) is 17.6 Å². The van der Waals surface area contributed by atoms with Gasteiger partial charge in [-0.05, 0) is 31.9 Å². The molecule has 0 spiro atoms. The van der Waals surface area contributed by atoms with Gasteiger partial charge in [0.25, 0.3) is 5.89 Å². The van der Waals surface area contributed by atoms with Crippen LogP contribution in [-0.4, -0.2) is 45.7 Å². The largest absolute Gasteiger partial charge is 0.469 e. The van der Waals surface area contributed by atoms with Gasteiger partial charge in [-0.15, -0.1) is 0 Å². The van der Waals surface area contributed by atoms with E-state index in [9.17, 15) is 4.79 Å². The molecule has 1 fully saturated rings. The number of carbonyl (C=O) groups is 1. The Morgan fingerprint density at radius 3 is 3.03 bits per heavy atom. The number of carbonyl (C=O) groups excluding carboxylic acids is 1. The zero-order valence-electron chi connectivity index (χ0n) is 17.3. The SMILES string of the molecule is CCc1noc(-c2cnc(C)nc2N2CCCC(C(=O)NCCc3ccco3)C2)n1. The van der Waals surface area contributed by atoms with Crippen LogP contribution < -0.4 is 10.2 Å². The van der Waals surface area contributed by atoms with Crippen molar-refractivity contribution in [2.45, 2.75) is 39.5 Å². The van der Waals surface area contributed by atoms with Gasteiger partial charge in [-0.25, -0.2) is 9.97 Å². The van der Waals surface area contributed by atoms with Crippen LogP contribution in [0.4, 0.5) is 5.82 Å². The Morgan fingerprint density at radius 1 is 1.37 bits per heavy atom. The molecule has 0 saturated carbocycles. The summed E-state index contributed by atoms with van der Waals surface area (Å²) in [6.45, 7) is 5.78. The van der Waals surface area contributed by atoms with E-state index in [-0.39, 0.29) is 11.8 Å². The summed E-state index contributed by atoms with van der Waals surface area (Å²) in [6, 6.07) is 3.76. The Hall–Kier alpha value is -3.23. The van der Waals surface area contributed by atoms with Gasteiger partial charge in [-0.2, -0.15) is 4.98 Å². The fourth-order valence-electron chi connectivity index (χ4n) is 3.65. The highest BCUT2D eigenvalue weighted by Gasteiger charge is 2.29. The highest BCUT2D eigenvalue weighted by molar-refractivity contribution is 5.80. The molecule has 0 aromatic carbocycles. The average Bonchev–Trinajstić information content (AvgIpc) is 3.46. The van der Waals surface area contributed by atoms with Crippen LogP contribution in [0.2, 0.25) is 0 Å². The summed E-state index contributed by atoms with van der Waals surface area (Å²) < 4.78 is 10.7. The summed E-state index contributed by atoms with van der Waals surface area (Å²) in [4.78, 5) is 28.2. The lowest BCUT2D eigenvalue weighted by Gasteiger charge is -2.33. The van der Waals surface area contributed by atoms with E-state index in [0.717, 1.165) is 31.0 Å². The Labute approximate surface area is 174 Å². The molecule has 1 amide bonds. The van der Waals surface area contributed by atoms with Gasteiger partial charge >= 0.3 is 0 Å². The maximum absolute atomic E-state index is 12.7. The standard InChI is InChI=1S/C21H26N6O3/c1-3-18-25-21(30-26-18)17-12-23-14(2)24-19(17)27-10-4-6-15(13-27)20(28)22-9-8-16-7-5-11-29-16/h5,7,11-12,15H,3-4,6,8-10,13H2,1-2H3,(H,22,28). The number of furan rings is 1. The first-order valence-corrected chi connectivity index (χ1v) is 10.4. The van der Waals surface area contributed by atoms with Crippen LogP contribution >= 0.6 is 0 Å². The highest BCUT2D eigenvalue weighted by Crippen LogP contribution is 2.30. The van der Waals surface area contributed by atoms with Crippen molar-refractivity contribution in [3.05, 3.63) is 42.0 Å². The van der Waals surface area contributed by atoms with Crippen LogP contribution in [0.3, 0.4) is 0 Å². The minimum absolute atomic E-state index is 0.0599. The van der Waals surface area contributed by atoms with E-state index in [1.54, 1.807) is 12.5 Å². The summed E-state index contributed by atoms with van der Waals surface area (Å²) >= 11 is 0. The van der Waals surface area contributed by atoms with Crippen LogP contribution in [0.25, 0.3) is 11.5 Å². The predicted molar refractivity (Wildman–Crippen MR) is 110 cm³/mol. The van der Waals surface area contributed by atoms with E-state index < -0.39 is 0 Å². The molecule has 1 unspecified atom stereocenters. The minimum atomic E-state index is -0.104. The van der Waals surface area contributed by atoms with Crippen molar-refractivity contribution >= 4 is 11.7 Å². The molecule has 158 valence electrons. The van der Waals surface area contributed by atoms with Gasteiger partial charge in [0.15, 0.2) is 5.82 Å². The van der Waals surface area contributed by atoms with Gasteiger partial charge in [0.2, 0.25) is 5.91 Å². The number of nitrogens with zero attached hydrogens (tertiary/aromatic N) is 5. The molecular formula is C21H26N6O3. The van der Waals surface area contributed by atoms with Gasteiger partial charge in [0.05, 0.1) is 12.2 Å². The lowest BCUT2D eigenvalue weighted by molar-refractivity contribution is -0.125. The third-order valence-electron chi connectivity index (χ3n) is 5.25. The van der Waals surface area contributed by atoms with Crippen molar-refractivity contribution in [3.63, 3.8) is 0 Å². The van der Waals surface area contributed by atoms with E-state index in [2.05, 4.69) is 30.3 Å². The molecule has 3 aromatic rings. The number of aryl methyl sites for hydroxylation is 2. The molecule has 4 heterocycles. The normalized spacial score (nSPS) is 16.6. The topological polar surface area (TPSA) is 110 Å². The summed E-state index contributed by atoms with van der Waals surface area (Å²) in [5, 5.41) is 7.02. The second kappa shape index (κ2) is 9.06. The quantitative estimate of drug-likeness (QED) is 0.633. The minimum Gasteiger partial charge on any atom is -0.469 e. The molecule has 30 heavy (non-hydrogen) atoms. The van der Waals surface area contributed by atoms with E-state index in [1.807, 2.05) is 26.0 Å². The first kappa shape index (κ1) is 20.1. The van der Waals surface area contributed by atoms with Crippen molar-refractivity contribution < 1.29 is 13.7 Å². The Bertz CT molecular complexity index is 985. The van der Waals surface area contributed by atoms with E-state index in [0.29, 0.717) is 49.0 Å². The molecule has 1 N–H and O–H groups in total. The molecule has 9 heteroatoms.